The SMILES string of the molecule is CNC(=O)c1nc(-c2cccc(C)c2)n2c3cc(C)ccc3c3c(C)cccc3c12. The average Bonchev–Trinajstić information content (AvgIpc) is 3.14. The number of fused-ring (bicyclic) bond motifs is 6. The molecule has 0 spiro atoms. The maximum atomic E-state index is 12.9. The van der Waals surface area contributed by atoms with Gasteiger partial charge in [-0.05, 0) is 49.4 Å². The molecule has 0 aliphatic rings. The van der Waals surface area contributed by atoms with Crippen molar-refractivity contribution < 1.29 is 4.79 Å². The Balaban J connectivity index is 2.11. The zero-order chi connectivity index (χ0) is 21.0. The lowest BCUT2D eigenvalue weighted by Gasteiger charge is -2.14. The molecule has 0 aliphatic carbocycles. The number of pyridine rings is 1. The van der Waals surface area contributed by atoms with Crippen LogP contribution in [0, 0.1) is 20.8 Å². The molecule has 0 aliphatic heterocycles. The molecule has 1 amide bonds. The summed E-state index contributed by atoms with van der Waals surface area (Å²) >= 11 is 0. The van der Waals surface area contributed by atoms with E-state index in [1.165, 1.54) is 16.5 Å². The summed E-state index contributed by atoms with van der Waals surface area (Å²) in [5.41, 5.74) is 6.87. The smallest absolute Gasteiger partial charge is 0.271 e. The highest BCUT2D eigenvalue weighted by Crippen LogP contribution is 2.37. The predicted molar refractivity (Wildman–Crippen MR) is 123 cm³/mol. The fraction of sp³-hybridized carbons (Fsp3) is 0.154. The zero-order valence-electron chi connectivity index (χ0n) is 17.6. The van der Waals surface area contributed by atoms with Gasteiger partial charge >= 0.3 is 0 Å². The van der Waals surface area contributed by atoms with Crippen molar-refractivity contribution in [1.29, 1.82) is 0 Å². The molecule has 3 aromatic carbocycles. The van der Waals surface area contributed by atoms with Crippen LogP contribution in [-0.2, 0) is 0 Å². The highest BCUT2D eigenvalue weighted by atomic mass is 16.1. The summed E-state index contributed by atoms with van der Waals surface area (Å²) in [6.07, 6.45) is 0. The number of nitrogens with zero attached hydrogens (tertiary/aromatic N) is 2. The molecule has 1 N–H and O–H groups in total. The molecule has 4 heteroatoms. The van der Waals surface area contributed by atoms with E-state index in [0.29, 0.717) is 5.69 Å². The molecule has 0 atom stereocenters. The van der Waals surface area contributed by atoms with Crippen molar-refractivity contribution in [3.8, 4) is 11.4 Å². The van der Waals surface area contributed by atoms with Crippen molar-refractivity contribution in [2.24, 2.45) is 0 Å². The first kappa shape index (κ1) is 18.4. The summed E-state index contributed by atoms with van der Waals surface area (Å²) in [7, 11) is 1.65. The van der Waals surface area contributed by atoms with E-state index in [2.05, 4.69) is 79.0 Å². The summed E-state index contributed by atoms with van der Waals surface area (Å²) in [5, 5.41) is 6.14. The van der Waals surface area contributed by atoms with Gasteiger partial charge in [0.15, 0.2) is 5.69 Å². The number of imidazole rings is 1. The number of carbonyl (C=O) groups excluding carboxylic acids is 1. The summed E-state index contributed by atoms with van der Waals surface area (Å²) in [6, 6.07) is 21.0. The van der Waals surface area contributed by atoms with Gasteiger partial charge < -0.3 is 5.32 Å². The monoisotopic (exact) mass is 393 g/mol. The van der Waals surface area contributed by atoms with E-state index in [9.17, 15) is 4.79 Å². The first-order chi connectivity index (χ1) is 14.5. The van der Waals surface area contributed by atoms with Crippen molar-refractivity contribution in [3.63, 3.8) is 0 Å². The van der Waals surface area contributed by atoms with Crippen LogP contribution in [0.2, 0.25) is 0 Å². The van der Waals surface area contributed by atoms with Gasteiger partial charge in [0.25, 0.3) is 5.91 Å². The van der Waals surface area contributed by atoms with Gasteiger partial charge in [-0.15, -0.1) is 0 Å². The van der Waals surface area contributed by atoms with Crippen LogP contribution in [0.25, 0.3) is 38.6 Å². The van der Waals surface area contributed by atoms with Gasteiger partial charge in [-0.2, -0.15) is 0 Å². The highest BCUT2D eigenvalue weighted by Gasteiger charge is 2.23. The van der Waals surface area contributed by atoms with Crippen LogP contribution in [0.15, 0.2) is 60.7 Å². The Morgan fingerprint density at radius 3 is 2.43 bits per heavy atom. The fourth-order valence-electron chi connectivity index (χ4n) is 4.42. The molecule has 30 heavy (non-hydrogen) atoms. The number of amides is 1. The standard InChI is InChI=1S/C26H23N3O/c1-15-7-5-9-18(13-15)25-28-23(26(30)27-4)24-20-10-6-8-17(3)22(20)19-12-11-16(2)14-21(19)29(24)25/h5-14H,1-4H3,(H,27,30). The molecule has 4 nitrogen and oxygen atoms in total. The summed E-state index contributed by atoms with van der Waals surface area (Å²) in [5.74, 6) is 0.604. The second-order valence-electron chi connectivity index (χ2n) is 7.93. The van der Waals surface area contributed by atoms with Crippen LogP contribution >= 0.6 is 0 Å². The minimum absolute atomic E-state index is 0.179. The first-order valence-electron chi connectivity index (χ1n) is 10.1. The van der Waals surface area contributed by atoms with Crippen LogP contribution in [0.3, 0.4) is 0 Å². The third-order valence-corrected chi connectivity index (χ3v) is 5.79. The van der Waals surface area contributed by atoms with Crippen LogP contribution in [0.4, 0.5) is 0 Å². The minimum atomic E-state index is -0.179. The third kappa shape index (κ3) is 2.61. The minimum Gasteiger partial charge on any atom is -0.354 e. The molecule has 2 aromatic heterocycles. The lowest BCUT2D eigenvalue weighted by atomic mass is 9.98. The zero-order valence-corrected chi connectivity index (χ0v) is 17.6. The van der Waals surface area contributed by atoms with Gasteiger partial charge in [0.05, 0.1) is 11.0 Å². The van der Waals surface area contributed by atoms with Gasteiger partial charge in [0.2, 0.25) is 0 Å². The lowest BCUT2D eigenvalue weighted by molar-refractivity contribution is 0.0960. The largest absolute Gasteiger partial charge is 0.354 e. The number of hydrogen-bond donors (Lipinski definition) is 1. The highest BCUT2D eigenvalue weighted by molar-refractivity contribution is 6.18. The van der Waals surface area contributed by atoms with Crippen LogP contribution in [-0.4, -0.2) is 22.3 Å². The number of aromatic nitrogens is 2. The van der Waals surface area contributed by atoms with Crippen molar-refractivity contribution in [3.05, 3.63) is 83.0 Å². The van der Waals surface area contributed by atoms with E-state index in [4.69, 9.17) is 4.98 Å². The summed E-state index contributed by atoms with van der Waals surface area (Å²) < 4.78 is 2.16. The van der Waals surface area contributed by atoms with Crippen LogP contribution in [0.1, 0.15) is 27.2 Å². The number of carbonyl (C=O) groups is 1. The Morgan fingerprint density at radius 1 is 0.900 bits per heavy atom. The Hall–Kier alpha value is -3.66. The molecule has 0 fully saturated rings. The predicted octanol–water partition coefficient (Wildman–Crippen LogP) is 5.59. The normalized spacial score (nSPS) is 11.5. The maximum Gasteiger partial charge on any atom is 0.271 e. The van der Waals surface area contributed by atoms with E-state index in [0.717, 1.165) is 38.8 Å². The number of aryl methyl sites for hydroxylation is 3. The van der Waals surface area contributed by atoms with Crippen molar-refractivity contribution in [1.82, 2.24) is 14.7 Å². The Morgan fingerprint density at radius 2 is 1.67 bits per heavy atom. The van der Waals surface area contributed by atoms with E-state index in [1.807, 2.05) is 12.1 Å². The second kappa shape index (κ2) is 6.70. The molecule has 0 unspecified atom stereocenters. The molecule has 0 saturated carbocycles. The van der Waals surface area contributed by atoms with E-state index in [1.54, 1.807) is 7.05 Å². The molecular weight excluding hydrogens is 370 g/mol. The summed E-state index contributed by atoms with van der Waals surface area (Å²) in [4.78, 5) is 17.8. The van der Waals surface area contributed by atoms with Gasteiger partial charge in [0.1, 0.15) is 5.82 Å². The lowest BCUT2D eigenvalue weighted by Crippen LogP contribution is -2.18. The summed E-state index contributed by atoms with van der Waals surface area (Å²) in [6.45, 7) is 6.28. The van der Waals surface area contributed by atoms with E-state index >= 15 is 0 Å². The second-order valence-corrected chi connectivity index (χ2v) is 7.93. The Labute approximate surface area is 175 Å². The molecule has 148 valence electrons. The van der Waals surface area contributed by atoms with Crippen molar-refractivity contribution >= 4 is 33.1 Å². The molecule has 2 heterocycles. The molecule has 0 saturated heterocycles. The quantitative estimate of drug-likeness (QED) is 0.397. The van der Waals surface area contributed by atoms with Crippen LogP contribution in [0.5, 0.6) is 0 Å². The first-order valence-corrected chi connectivity index (χ1v) is 10.1. The molecule has 5 aromatic rings. The third-order valence-electron chi connectivity index (χ3n) is 5.79. The van der Waals surface area contributed by atoms with Crippen LogP contribution < -0.4 is 5.32 Å². The van der Waals surface area contributed by atoms with Gasteiger partial charge in [-0.3, -0.25) is 9.20 Å². The van der Waals surface area contributed by atoms with E-state index < -0.39 is 0 Å². The van der Waals surface area contributed by atoms with Crippen molar-refractivity contribution in [2.45, 2.75) is 20.8 Å². The molecule has 0 bridgehead atoms. The van der Waals surface area contributed by atoms with Gasteiger partial charge in [0, 0.05) is 23.4 Å². The fourth-order valence-corrected chi connectivity index (χ4v) is 4.42. The Bertz CT molecular complexity index is 1480. The average molecular weight is 393 g/mol. The number of benzene rings is 3. The van der Waals surface area contributed by atoms with Gasteiger partial charge in [-0.1, -0.05) is 54.1 Å². The van der Waals surface area contributed by atoms with Crippen molar-refractivity contribution in [2.75, 3.05) is 7.05 Å². The van der Waals surface area contributed by atoms with E-state index in [-0.39, 0.29) is 5.91 Å². The Kier molecular flexibility index (Phi) is 4.10. The maximum absolute atomic E-state index is 12.9. The van der Waals surface area contributed by atoms with Gasteiger partial charge in [-0.25, -0.2) is 4.98 Å². The number of hydrogen-bond acceptors (Lipinski definition) is 2. The molecule has 5 rings (SSSR count). The topological polar surface area (TPSA) is 46.4 Å². The molecular formula is C26H23N3O. The number of nitrogens with one attached hydrogen (secondary N) is 1. The number of rotatable bonds is 2. The molecule has 0 radical (unpaired) electrons.